The Labute approximate surface area is 57.7 Å². The molecule has 2 unspecified atom stereocenters. The number of piperazine rings is 1. The van der Waals surface area contributed by atoms with Crippen LogP contribution in [0.4, 0.5) is 4.79 Å². The van der Waals surface area contributed by atoms with Crippen LogP contribution in [0.3, 0.4) is 0 Å². The molecule has 5 heteroatoms. The Morgan fingerprint density at radius 1 is 1.80 bits per heavy atom. The molecule has 0 spiro atoms. The second-order valence-electron chi connectivity index (χ2n) is 2.63. The fourth-order valence-corrected chi connectivity index (χ4v) is 1.37. The maximum Gasteiger partial charge on any atom is 0.547 e. The van der Waals surface area contributed by atoms with E-state index in [1.54, 1.807) is 0 Å². The number of nitrogens with one attached hydrogen (secondary N) is 1. The molecule has 2 bridgehead atoms. The van der Waals surface area contributed by atoms with Crippen molar-refractivity contribution in [3.8, 4) is 0 Å². The van der Waals surface area contributed by atoms with E-state index in [0.29, 0.717) is 13.1 Å². The van der Waals surface area contributed by atoms with Gasteiger partial charge in [-0.3, -0.25) is 5.32 Å². The molecule has 3 aliphatic heterocycles. The summed E-state index contributed by atoms with van der Waals surface area (Å²) in [6, 6.07) is 0. The van der Waals surface area contributed by atoms with E-state index >= 15 is 0 Å². The second-order valence-corrected chi connectivity index (χ2v) is 2.63. The van der Waals surface area contributed by atoms with Gasteiger partial charge in [0.1, 0.15) is 6.54 Å². The smallest absolute Gasteiger partial charge is 0.433 e. The Morgan fingerprint density at radius 3 is 2.80 bits per heavy atom. The first kappa shape index (κ1) is 6.09. The van der Waals surface area contributed by atoms with E-state index in [2.05, 4.69) is 5.32 Å². The van der Waals surface area contributed by atoms with E-state index in [1.807, 2.05) is 0 Å². The van der Waals surface area contributed by atoms with Gasteiger partial charge in [-0.15, -0.1) is 0 Å². The van der Waals surface area contributed by atoms with Crippen molar-refractivity contribution in [2.75, 3.05) is 19.6 Å². The maximum atomic E-state index is 10.5. The molecule has 3 rings (SSSR count). The maximum absolute atomic E-state index is 10.5. The zero-order valence-electron chi connectivity index (χ0n) is 5.41. The average Bonchev–Trinajstić information content (AvgIpc) is 1.87. The Balaban J connectivity index is 2.12. The lowest BCUT2D eigenvalue weighted by atomic mass is 10.3. The molecule has 2 atom stereocenters. The topological polar surface area (TPSA) is 58.6 Å². The highest BCUT2D eigenvalue weighted by atomic mass is 16.8. The molecule has 3 aliphatic rings. The van der Waals surface area contributed by atoms with Crippen molar-refractivity contribution in [2.45, 2.75) is 6.23 Å². The van der Waals surface area contributed by atoms with E-state index in [1.165, 1.54) is 0 Å². The number of carboxylic acid groups (broad SMARTS) is 1. The third kappa shape index (κ3) is 0.593. The van der Waals surface area contributed by atoms with Crippen LogP contribution in [-0.2, 0) is 4.84 Å². The van der Waals surface area contributed by atoms with E-state index in [-0.39, 0.29) is 10.9 Å². The predicted molar refractivity (Wildman–Crippen MR) is 30.9 cm³/mol. The molecule has 3 saturated heterocycles. The summed E-state index contributed by atoms with van der Waals surface area (Å²) in [4.78, 5) is 15.6. The number of rotatable bonds is 0. The Kier molecular flexibility index (Phi) is 1.03. The lowest BCUT2D eigenvalue weighted by Gasteiger charge is -2.46. The SMILES string of the molecule is O=C(O)[N+]12CCNC(C1)O2. The molecule has 1 amide bonds. The number of hydroxylamine groups is 3. The van der Waals surface area contributed by atoms with Crippen molar-refractivity contribution >= 4 is 6.09 Å². The van der Waals surface area contributed by atoms with Crippen LogP contribution in [0.1, 0.15) is 0 Å². The lowest BCUT2D eigenvalue weighted by Crippen LogP contribution is -2.76. The second kappa shape index (κ2) is 1.69. The molecule has 0 aromatic heterocycles. The van der Waals surface area contributed by atoms with Crippen LogP contribution in [0, 0.1) is 0 Å². The van der Waals surface area contributed by atoms with Gasteiger partial charge in [0.15, 0.2) is 6.54 Å². The number of amides is 1. The number of quaternary nitrogens is 1. The molecule has 0 aliphatic carbocycles. The summed E-state index contributed by atoms with van der Waals surface area (Å²) in [5, 5.41) is 11.7. The molecule has 0 aromatic carbocycles. The predicted octanol–water partition coefficient (Wildman–Crippen LogP) is -0.644. The summed E-state index contributed by atoms with van der Waals surface area (Å²) in [6.45, 7) is 1.83. The molecular formula is C5H9N2O3+. The Morgan fingerprint density at radius 2 is 2.50 bits per heavy atom. The van der Waals surface area contributed by atoms with Crippen LogP contribution in [0.2, 0.25) is 0 Å². The third-order valence-corrected chi connectivity index (χ3v) is 1.98. The summed E-state index contributed by atoms with van der Waals surface area (Å²) < 4.78 is -0.197. The zero-order valence-corrected chi connectivity index (χ0v) is 5.41. The summed E-state index contributed by atoms with van der Waals surface area (Å²) in [5.74, 6) is 0. The van der Waals surface area contributed by atoms with Gasteiger partial charge in [-0.2, -0.15) is 9.63 Å². The van der Waals surface area contributed by atoms with Gasteiger partial charge in [0, 0.05) is 0 Å². The normalized spacial score (nSPS) is 44.2. The molecule has 2 N–H and O–H groups in total. The Bertz CT molecular complexity index is 170. The lowest BCUT2D eigenvalue weighted by molar-refractivity contribution is -1.11. The van der Waals surface area contributed by atoms with Crippen molar-refractivity contribution < 1.29 is 19.4 Å². The highest BCUT2D eigenvalue weighted by Gasteiger charge is 2.56. The van der Waals surface area contributed by atoms with Crippen LogP contribution in [0.25, 0.3) is 0 Å². The van der Waals surface area contributed by atoms with Crippen LogP contribution >= 0.6 is 0 Å². The Hall–Kier alpha value is -0.650. The average molecular weight is 145 g/mol. The van der Waals surface area contributed by atoms with Crippen molar-refractivity contribution in [3.05, 3.63) is 0 Å². The van der Waals surface area contributed by atoms with Gasteiger partial charge < -0.3 is 5.11 Å². The van der Waals surface area contributed by atoms with E-state index in [9.17, 15) is 4.79 Å². The minimum Gasteiger partial charge on any atom is -0.433 e. The standard InChI is InChI=1S/C5H8N2O3/c8-5(9)7-2-1-6-4(3-7)10-7/h4,6H,1-3H2/p+1. The molecule has 5 nitrogen and oxygen atoms in total. The fraction of sp³-hybridized carbons (Fsp3) is 0.800. The third-order valence-electron chi connectivity index (χ3n) is 1.98. The van der Waals surface area contributed by atoms with E-state index in [4.69, 9.17) is 9.94 Å². The molecule has 56 valence electrons. The summed E-state index contributed by atoms with van der Waals surface area (Å²) >= 11 is 0. The van der Waals surface area contributed by atoms with Crippen LogP contribution in [-0.4, -0.2) is 41.7 Å². The first-order valence-electron chi connectivity index (χ1n) is 3.25. The number of hydrogen-bond donors (Lipinski definition) is 2. The number of nitrogens with zero attached hydrogens (tertiary/aromatic N) is 1. The summed E-state index contributed by atoms with van der Waals surface area (Å²) in [5.41, 5.74) is 0. The molecule has 0 radical (unpaired) electrons. The van der Waals surface area contributed by atoms with Crippen LogP contribution < -0.4 is 5.32 Å². The monoisotopic (exact) mass is 145 g/mol. The van der Waals surface area contributed by atoms with Gasteiger partial charge in [0.05, 0.1) is 6.54 Å². The molecule has 0 aromatic rings. The van der Waals surface area contributed by atoms with Crippen molar-refractivity contribution in [1.29, 1.82) is 0 Å². The molecule has 10 heavy (non-hydrogen) atoms. The van der Waals surface area contributed by atoms with Gasteiger partial charge in [-0.05, 0) is 0 Å². The number of hydrogen-bond acceptors (Lipinski definition) is 3. The summed E-state index contributed by atoms with van der Waals surface area (Å²) in [7, 11) is 0. The number of fused-ring (bicyclic) bond motifs is 2. The van der Waals surface area contributed by atoms with Gasteiger partial charge in [0.2, 0.25) is 6.23 Å². The van der Waals surface area contributed by atoms with Crippen LogP contribution in [0.5, 0.6) is 0 Å². The molecule has 3 fully saturated rings. The van der Waals surface area contributed by atoms with Gasteiger partial charge >= 0.3 is 6.09 Å². The zero-order chi connectivity index (χ0) is 7.19. The van der Waals surface area contributed by atoms with E-state index in [0.717, 1.165) is 6.54 Å². The van der Waals surface area contributed by atoms with Crippen molar-refractivity contribution in [1.82, 2.24) is 5.32 Å². The first-order valence-corrected chi connectivity index (χ1v) is 3.25. The van der Waals surface area contributed by atoms with Crippen molar-refractivity contribution in [2.24, 2.45) is 0 Å². The van der Waals surface area contributed by atoms with Crippen LogP contribution in [0.15, 0.2) is 0 Å². The summed E-state index contributed by atoms with van der Waals surface area (Å²) in [6.07, 6.45) is -0.900. The molecule has 0 saturated carbocycles. The first-order chi connectivity index (χ1) is 4.73. The fourth-order valence-electron chi connectivity index (χ4n) is 1.37. The van der Waals surface area contributed by atoms with Gasteiger partial charge in [-0.1, -0.05) is 4.65 Å². The largest absolute Gasteiger partial charge is 0.547 e. The molecular weight excluding hydrogens is 136 g/mol. The highest BCUT2D eigenvalue weighted by molar-refractivity contribution is 5.56. The highest BCUT2D eigenvalue weighted by Crippen LogP contribution is 2.25. The quantitative estimate of drug-likeness (QED) is 0.445. The minimum atomic E-state index is -0.877. The van der Waals surface area contributed by atoms with E-state index < -0.39 is 6.09 Å². The van der Waals surface area contributed by atoms with Gasteiger partial charge in [0.25, 0.3) is 0 Å². The van der Waals surface area contributed by atoms with Gasteiger partial charge in [-0.25, -0.2) is 0 Å². The minimum absolute atomic E-state index is 0.0233. The number of carbonyl (C=O) groups is 1. The van der Waals surface area contributed by atoms with Crippen molar-refractivity contribution in [3.63, 3.8) is 0 Å². The molecule has 3 heterocycles.